The molecule has 1 heterocycles. The highest BCUT2D eigenvalue weighted by atomic mass is 16.2. The fourth-order valence-corrected chi connectivity index (χ4v) is 2.88. The van der Waals surface area contributed by atoms with Crippen LogP contribution in [0.2, 0.25) is 0 Å². The lowest BCUT2D eigenvalue weighted by molar-refractivity contribution is -0.116. The third-order valence-electron chi connectivity index (χ3n) is 4.50. The molecule has 20 heavy (non-hydrogen) atoms. The normalized spacial score (nSPS) is 19.6. The maximum absolute atomic E-state index is 12.2. The van der Waals surface area contributed by atoms with Crippen LogP contribution in [0.25, 0.3) is 0 Å². The molecule has 1 aliphatic carbocycles. The molecule has 0 bridgehead atoms. The molecule has 1 aromatic rings. The summed E-state index contributed by atoms with van der Waals surface area (Å²) in [5, 5.41) is 5.86. The Kier molecular flexibility index (Phi) is 3.24. The molecule has 1 aliphatic heterocycles. The molecule has 1 saturated carbocycles. The van der Waals surface area contributed by atoms with Gasteiger partial charge in [-0.2, -0.15) is 0 Å². The molecule has 0 saturated heterocycles. The van der Waals surface area contributed by atoms with Gasteiger partial charge < -0.3 is 10.6 Å². The van der Waals surface area contributed by atoms with Crippen LogP contribution >= 0.6 is 0 Å². The van der Waals surface area contributed by atoms with Gasteiger partial charge >= 0.3 is 0 Å². The molecule has 0 aromatic heterocycles. The quantitative estimate of drug-likeness (QED) is 0.888. The van der Waals surface area contributed by atoms with Crippen LogP contribution in [0.5, 0.6) is 0 Å². The van der Waals surface area contributed by atoms with E-state index in [4.69, 9.17) is 0 Å². The third kappa shape index (κ3) is 2.55. The van der Waals surface area contributed by atoms with Crippen molar-refractivity contribution in [2.45, 2.75) is 39.0 Å². The van der Waals surface area contributed by atoms with Gasteiger partial charge in [0, 0.05) is 24.2 Å². The number of hydrogen-bond acceptors (Lipinski definition) is 2. The van der Waals surface area contributed by atoms with E-state index < -0.39 is 0 Å². The van der Waals surface area contributed by atoms with E-state index in [2.05, 4.69) is 17.6 Å². The minimum atomic E-state index is -0.0159. The summed E-state index contributed by atoms with van der Waals surface area (Å²) in [4.78, 5) is 23.5. The standard InChI is InChI=1S/C16H20N2O2/c1-16(7-2-8-16)10-17-15(20)12-3-5-13-11(9-12)4-6-14(19)18-13/h3,5,9H,2,4,6-8,10H2,1H3,(H,17,20)(H,18,19). The van der Waals surface area contributed by atoms with Gasteiger partial charge in [-0.25, -0.2) is 0 Å². The van der Waals surface area contributed by atoms with E-state index in [1.54, 1.807) is 6.07 Å². The Hall–Kier alpha value is -1.84. The number of carbonyl (C=O) groups is 2. The molecule has 4 nitrogen and oxygen atoms in total. The van der Waals surface area contributed by atoms with Gasteiger partial charge in [0.25, 0.3) is 5.91 Å². The fourth-order valence-electron chi connectivity index (χ4n) is 2.88. The molecule has 3 rings (SSSR count). The molecule has 2 amide bonds. The largest absolute Gasteiger partial charge is 0.351 e. The maximum Gasteiger partial charge on any atom is 0.251 e. The molecular weight excluding hydrogens is 252 g/mol. The number of benzene rings is 1. The zero-order valence-electron chi connectivity index (χ0n) is 11.8. The summed E-state index contributed by atoms with van der Waals surface area (Å²) in [5.41, 5.74) is 2.86. The van der Waals surface area contributed by atoms with Gasteiger partial charge in [0.2, 0.25) is 5.91 Å². The lowest BCUT2D eigenvalue weighted by Gasteiger charge is -2.38. The highest BCUT2D eigenvalue weighted by Crippen LogP contribution is 2.39. The summed E-state index contributed by atoms with van der Waals surface area (Å²) in [6.45, 7) is 2.97. The van der Waals surface area contributed by atoms with Crippen molar-refractivity contribution in [2.24, 2.45) is 5.41 Å². The van der Waals surface area contributed by atoms with E-state index in [1.165, 1.54) is 19.3 Å². The first-order valence-corrected chi connectivity index (χ1v) is 7.27. The van der Waals surface area contributed by atoms with Crippen molar-refractivity contribution in [3.63, 3.8) is 0 Å². The van der Waals surface area contributed by atoms with Crippen LogP contribution in [0.15, 0.2) is 18.2 Å². The summed E-state index contributed by atoms with van der Waals surface area (Å²) in [5.74, 6) is 0.0328. The average Bonchev–Trinajstić information content (AvgIpc) is 2.42. The molecule has 2 aliphatic rings. The molecule has 1 aromatic carbocycles. The van der Waals surface area contributed by atoms with Gasteiger partial charge in [-0.3, -0.25) is 9.59 Å². The molecule has 0 radical (unpaired) electrons. The van der Waals surface area contributed by atoms with E-state index in [-0.39, 0.29) is 17.2 Å². The first kappa shape index (κ1) is 13.2. The number of rotatable bonds is 3. The molecule has 106 valence electrons. The van der Waals surface area contributed by atoms with E-state index in [0.29, 0.717) is 18.4 Å². The lowest BCUT2D eigenvalue weighted by atomic mass is 9.70. The van der Waals surface area contributed by atoms with Gasteiger partial charge in [-0.1, -0.05) is 13.3 Å². The van der Waals surface area contributed by atoms with Crippen LogP contribution in [-0.4, -0.2) is 18.4 Å². The van der Waals surface area contributed by atoms with Crippen molar-refractivity contribution in [3.05, 3.63) is 29.3 Å². The third-order valence-corrected chi connectivity index (χ3v) is 4.50. The van der Waals surface area contributed by atoms with Crippen LogP contribution < -0.4 is 10.6 Å². The van der Waals surface area contributed by atoms with Gasteiger partial charge in [0.05, 0.1) is 0 Å². The minimum Gasteiger partial charge on any atom is -0.351 e. The summed E-state index contributed by atoms with van der Waals surface area (Å²) in [7, 11) is 0. The van der Waals surface area contributed by atoms with Gasteiger partial charge in [0.1, 0.15) is 0 Å². The predicted octanol–water partition coefficient (Wildman–Crippen LogP) is 2.49. The second-order valence-electron chi connectivity index (χ2n) is 6.27. The maximum atomic E-state index is 12.2. The lowest BCUT2D eigenvalue weighted by Crippen LogP contribution is -2.40. The van der Waals surface area contributed by atoms with Crippen molar-refractivity contribution in [1.29, 1.82) is 0 Å². The van der Waals surface area contributed by atoms with Crippen LogP contribution in [0.4, 0.5) is 5.69 Å². The summed E-state index contributed by atoms with van der Waals surface area (Å²) in [6, 6.07) is 5.50. The molecule has 0 unspecified atom stereocenters. The Balaban J connectivity index is 1.67. The van der Waals surface area contributed by atoms with E-state index >= 15 is 0 Å². The summed E-state index contributed by atoms with van der Waals surface area (Å²) in [6.07, 6.45) is 4.87. The SMILES string of the molecule is CC1(CNC(=O)c2ccc3c(c2)CCC(=O)N3)CCC1. The van der Waals surface area contributed by atoms with Crippen molar-refractivity contribution < 1.29 is 9.59 Å². The van der Waals surface area contributed by atoms with Crippen LogP contribution in [0.1, 0.15) is 48.5 Å². The summed E-state index contributed by atoms with van der Waals surface area (Å²) < 4.78 is 0. The Morgan fingerprint density at radius 2 is 2.15 bits per heavy atom. The van der Waals surface area contributed by atoms with E-state index in [0.717, 1.165) is 17.8 Å². The van der Waals surface area contributed by atoms with Crippen molar-refractivity contribution >= 4 is 17.5 Å². The molecular formula is C16H20N2O2. The number of amides is 2. The van der Waals surface area contributed by atoms with Crippen molar-refractivity contribution in [2.75, 3.05) is 11.9 Å². The molecule has 1 fully saturated rings. The zero-order chi connectivity index (χ0) is 14.2. The Morgan fingerprint density at radius 1 is 1.35 bits per heavy atom. The fraction of sp³-hybridized carbons (Fsp3) is 0.500. The van der Waals surface area contributed by atoms with E-state index in [1.807, 2.05) is 12.1 Å². The van der Waals surface area contributed by atoms with Gasteiger partial charge in [0.15, 0.2) is 0 Å². The first-order valence-electron chi connectivity index (χ1n) is 7.27. The Bertz CT molecular complexity index is 562. The monoisotopic (exact) mass is 272 g/mol. The predicted molar refractivity (Wildman–Crippen MR) is 77.7 cm³/mol. The van der Waals surface area contributed by atoms with Crippen LogP contribution in [0, 0.1) is 5.41 Å². The Morgan fingerprint density at radius 3 is 2.85 bits per heavy atom. The topological polar surface area (TPSA) is 58.2 Å². The molecule has 0 atom stereocenters. The van der Waals surface area contributed by atoms with Crippen molar-refractivity contribution in [3.8, 4) is 0 Å². The van der Waals surface area contributed by atoms with Gasteiger partial charge in [-0.05, 0) is 48.4 Å². The second kappa shape index (κ2) is 4.93. The smallest absolute Gasteiger partial charge is 0.251 e. The number of aryl methyl sites for hydroxylation is 1. The average molecular weight is 272 g/mol. The second-order valence-corrected chi connectivity index (χ2v) is 6.27. The Labute approximate surface area is 118 Å². The van der Waals surface area contributed by atoms with Crippen LogP contribution in [0.3, 0.4) is 0 Å². The van der Waals surface area contributed by atoms with E-state index in [9.17, 15) is 9.59 Å². The molecule has 0 spiro atoms. The molecule has 4 heteroatoms. The van der Waals surface area contributed by atoms with Gasteiger partial charge in [-0.15, -0.1) is 0 Å². The number of nitrogens with one attached hydrogen (secondary N) is 2. The highest BCUT2D eigenvalue weighted by molar-refractivity contribution is 5.97. The number of hydrogen-bond donors (Lipinski definition) is 2. The summed E-state index contributed by atoms with van der Waals surface area (Å²) >= 11 is 0. The zero-order valence-corrected chi connectivity index (χ0v) is 11.8. The first-order chi connectivity index (χ1) is 9.56. The van der Waals surface area contributed by atoms with Crippen LogP contribution in [-0.2, 0) is 11.2 Å². The molecule has 2 N–H and O–H groups in total. The number of fused-ring (bicyclic) bond motifs is 1. The number of carbonyl (C=O) groups excluding carboxylic acids is 2. The number of anilines is 1. The minimum absolute atomic E-state index is 0.0159. The highest BCUT2D eigenvalue weighted by Gasteiger charge is 2.32. The van der Waals surface area contributed by atoms with Crippen molar-refractivity contribution in [1.82, 2.24) is 5.32 Å².